The smallest absolute Gasteiger partial charge is 0.406 e. The van der Waals surface area contributed by atoms with Gasteiger partial charge in [-0.1, -0.05) is 41.9 Å². The molecule has 5 rings (SSSR count). The van der Waals surface area contributed by atoms with E-state index in [1.165, 1.54) is 28.6 Å². The average molecular weight is 750 g/mol. The summed E-state index contributed by atoms with van der Waals surface area (Å²) in [4.78, 5) is 13.3. The van der Waals surface area contributed by atoms with Crippen molar-refractivity contribution in [2.45, 2.75) is 68.3 Å². The number of ether oxygens (including phenoxy) is 1. The van der Waals surface area contributed by atoms with Gasteiger partial charge < -0.3 is 15.4 Å². The lowest BCUT2D eigenvalue weighted by molar-refractivity contribution is -0.274. The van der Waals surface area contributed by atoms with Crippen LogP contribution in [0.1, 0.15) is 48.8 Å². The number of carbonyl (C=O) groups excluding carboxylic acids is 1. The molecule has 0 spiro atoms. The number of hydrogen-bond donors (Lipinski definition) is 2. The molecule has 3 atom stereocenters. The first-order valence-corrected chi connectivity index (χ1v) is 18.2. The van der Waals surface area contributed by atoms with E-state index >= 15 is 4.39 Å². The van der Waals surface area contributed by atoms with E-state index in [1.807, 2.05) is 12.1 Å². The molecule has 0 aromatic heterocycles. The molecule has 4 aromatic rings. The molecule has 272 valence electrons. The summed E-state index contributed by atoms with van der Waals surface area (Å²) < 4.78 is 99.3. The van der Waals surface area contributed by atoms with Gasteiger partial charge in [-0.25, -0.2) is 17.2 Å². The largest absolute Gasteiger partial charge is 0.573 e. The first-order valence-electron chi connectivity index (χ1n) is 16.4. The van der Waals surface area contributed by atoms with E-state index < -0.39 is 40.0 Å². The third kappa shape index (κ3) is 10.3. The van der Waals surface area contributed by atoms with Gasteiger partial charge in [0, 0.05) is 47.9 Å². The molecule has 0 aliphatic carbocycles. The van der Waals surface area contributed by atoms with Gasteiger partial charge in [0.1, 0.15) is 17.4 Å². The predicted molar refractivity (Wildman–Crippen MR) is 185 cm³/mol. The quantitative estimate of drug-likeness (QED) is 0.135. The van der Waals surface area contributed by atoms with Crippen molar-refractivity contribution >= 4 is 33.2 Å². The van der Waals surface area contributed by atoms with Gasteiger partial charge in [-0.05, 0) is 110 Å². The van der Waals surface area contributed by atoms with Crippen LogP contribution in [-0.2, 0) is 27.7 Å². The first-order chi connectivity index (χ1) is 24.2. The number of anilines is 1. The Kier molecular flexibility index (Phi) is 12.4. The van der Waals surface area contributed by atoms with Crippen LogP contribution in [-0.4, -0.2) is 50.2 Å². The lowest BCUT2D eigenvalue weighted by Gasteiger charge is -2.40. The van der Waals surface area contributed by atoms with E-state index in [4.69, 9.17) is 11.6 Å². The number of alkyl halides is 3. The third-order valence-corrected chi connectivity index (χ3v) is 11.1. The second kappa shape index (κ2) is 16.5. The highest BCUT2D eigenvalue weighted by Gasteiger charge is 2.38. The van der Waals surface area contributed by atoms with Crippen LogP contribution in [0.2, 0.25) is 5.02 Å². The summed E-state index contributed by atoms with van der Waals surface area (Å²) in [7, 11) is -4.11. The zero-order valence-corrected chi connectivity index (χ0v) is 29.2. The summed E-state index contributed by atoms with van der Waals surface area (Å²) in [5.74, 6) is -2.05. The summed E-state index contributed by atoms with van der Waals surface area (Å²) in [5.41, 5.74) is 2.28. The van der Waals surface area contributed by atoms with Crippen molar-refractivity contribution in [1.29, 1.82) is 0 Å². The number of amides is 1. The highest BCUT2D eigenvalue weighted by atomic mass is 35.5. The minimum Gasteiger partial charge on any atom is -0.406 e. The van der Waals surface area contributed by atoms with Crippen molar-refractivity contribution in [3.63, 3.8) is 0 Å². The summed E-state index contributed by atoms with van der Waals surface area (Å²) in [5, 5.41) is 6.62. The zero-order chi connectivity index (χ0) is 36.8. The maximum atomic E-state index is 15.2. The van der Waals surface area contributed by atoms with Crippen molar-refractivity contribution < 1.29 is 39.9 Å². The highest BCUT2D eigenvalue weighted by molar-refractivity contribution is 7.89. The summed E-state index contributed by atoms with van der Waals surface area (Å²) in [6.07, 6.45) is -3.51. The Balaban J connectivity index is 1.27. The summed E-state index contributed by atoms with van der Waals surface area (Å²) >= 11 is 6.09. The Morgan fingerprint density at radius 3 is 2.33 bits per heavy atom. The number of nitrogens with one attached hydrogen (secondary N) is 2. The summed E-state index contributed by atoms with van der Waals surface area (Å²) in [6.45, 7) is 2.42. The van der Waals surface area contributed by atoms with Crippen molar-refractivity contribution in [2.75, 3.05) is 18.4 Å². The Morgan fingerprint density at radius 1 is 0.980 bits per heavy atom. The molecule has 1 heterocycles. The normalized spacial score (nSPS) is 17.5. The number of carbonyl (C=O) groups is 1. The molecule has 1 aliphatic heterocycles. The van der Waals surface area contributed by atoms with Gasteiger partial charge in [0.05, 0.1) is 4.90 Å². The maximum absolute atomic E-state index is 15.2. The average Bonchev–Trinajstić information content (AvgIpc) is 3.06. The molecule has 1 saturated heterocycles. The first kappa shape index (κ1) is 38.2. The zero-order valence-electron chi connectivity index (χ0n) is 27.6. The lowest BCUT2D eigenvalue weighted by Crippen LogP contribution is -2.58. The fourth-order valence-corrected chi connectivity index (χ4v) is 8.38. The van der Waals surface area contributed by atoms with Crippen LogP contribution < -0.4 is 15.4 Å². The Labute approximate surface area is 298 Å². The van der Waals surface area contributed by atoms with E-state index in [0.717, 1.165) is 35.4 Å². The molecule has 0 saturated carbocycles. The number of halogens is 6. The maximum Gasteiger partial charge on any atom is 0.573 e. The fraction of sp³-hybridized carbons (Fsp3) is 0.324. The number of benzene rings is 4. The molecule has 0 bridgehead atoms. The van der Waals surface area contributed by atoms with Gasteiger partial charge >= 0.3 is 6.36 Å². The molecule has 1 aliphatic rings. The summed E-state index contributed by atoms with van der Waals surface area (Å²) in [6, 6.07) is 20.7. The molecule has 1 amide bonds. The molecular formula is C37H37ClF5N3O4S. The van der Waals surface area contributed by atoms with E-state index in [0.29, 0.717) is 43.1 Å². The van der Waals surface area contributed by atoms with E-state index in [2.05, 4.69) is 15.4 Å². The standard InChI is InChI=1S/C37H37ClF5N3O4S/c1-24-22-44-23-30(46(24)51(48,49)32-18-16-31(17-19-32)50-37(41,42)43)4-2-5-33-34(40)6-3-7-35(33)45-36(47)21-27(26-10-12-28(38)13-11-26)20-25-8-14-29(39)15-9-25/h3,6-19,24,27,30,44H,2,4-5,20-23H2,1H3,(H,45,47). The van der Waals surface area contributed by atoms with Gasteiger partial charge in [0.25, 0.3) is 0 Å². The molecule has 4 aromatic carbocycles. The monoisotopic (exact) mass is 749 g/mol. The van der Waals surface area contributed by atoms with Crippen molar-refractivity contribution in [1.82, 2.24) is 9.62 Å². The van der Waals surface area contributed by atoms with Crippen molar-refractivity contribution in [3.05, 3.63) is 124 Å². The van der Waals surface area contributed by atoms with Gasteiger partial charge in [-0.3, -0.25) is 4.79 Å². The Hall–Kier alpha value is -4.04. The number of piperazine rings is 1. The second-order valence-corrected chi connectivity index (χ2v) is 14.8. The molecule has 14 heteroatoms. The molecule has 7 nitrogen and oxygen atoms in total. The third-order valence-electron chi connectivity index (χ3n) is 8.77. The molecule has 51 heavy (non-hydrogen) atoms. The molecule has 2 N–H and O–H groups in total. The van der Waals surface area contributed by atoms with Crippen LogP contribution in [0.4, 0.5) is 27.6 Å². The van der Waals surface area contributed by atoms with Crippen LogP contribution >= 0.6 is 11.6 Å². The number of sulfonamides is 1. The van der Waals surface area contributed by atoms with Crippen molar-refractivity contribution in [2.24, 2.45) is 0 Å². The van der Waals surface area contributed by atoms with Crippen molar-refractivity contribution in [3.8, 4) is 5.75 Å². The van der Waals surface area contributed by atoms with Crippen LogP contribution in [0, 0.1) is 11.6 Å². The highest BCUT2D eigenvalue weighted by Crippen LogP contribution is 2.31. The molecule has 0 radical (unpaired) electrons. The minimum atomic E-state index is -4.91. The second-order valence-electron chi connectivity index (χ2n) is 12.5. The van der Waals surface area contributed by atoms with Gasteiger partial charge in [0.2, 0.25) is 15.9 Å². The Morgan fingerprint density at radius 2 is 1.67 bits per heavy atom. The SMILES string of the molecule is CC1CNCC(CCCc2c(F)cccc2NC(=O)CC(Cc2ccc(F)cc2)c2ccc(Cl)cc2)N1S(=O)(=O)c1ccc(OC(F)(F)F)cc1. The number of hydrogen-bond acceptors (Lipinski definition) is 5. The Bertz CT molecular complexity index is 1890. The molecular weight excluding hydrogens is 713 g/mol. The van der Waals surface area contributed by atoms with Gasteiger partial charge in [0.15, 0.2) is 0 Å². The lowest BCUT2D eigenvalue weighted by atomic mass is 9.89. The predicted octanol–water partition coefficient (Wildman–Crippen LogP) is 8.25. The molecule has 3 unspecified atom stereocenters. The topological polar surface area (TPSA) is 87.7 Å². The van der Waals surface area contributed by atoms with Crippen LogP contribution in [0.5, 0.6) is 5.75 Å². The van der Waals surface area contributed by atoms with Crippen LogP contribution in [0.15, 0.2) is 95.9 Å². The van der Waals surface area contributed by atoms with E-state index in [-0.39, 0.29) is 40.9 Å². The number of nitrogens with zero attached hydrogens (tertiary/aromatic N) is 1. The van der Waals surface area contributed by atoms with Gasteiger partial charge in [-0.2, -0.15) is 4.31 Å². The fourth-order valence-electron chi connectivity index (χ4n) is 6.41. The van der Waals surface area contributed by atoms with Crippen LogP contribution in [0.25, 0.3) is 0 Å². The van der Waals surface area contributed by atoms with E-state index in [9.17, 15) is 30.8 Å². The number of rotatable bonds is 13. The minimum absolute atomic E-state index is 0.0523. The molecule has 1 fully saturated rings. The van der Waals surface area contributed by atoms with Gasteiger partial charge in [-0.15, -0.1) is 13.2 Å². The van der Waals surface area contributed by atoms with Crippen LogP contribution in [0.3, 0.4) is 0 Å². The van der Waals surface area contributed by atoms with E-state index in [1.54, 1.807) is 37.3 Å².